The third-order valence-electron chi connectivity index (χ3n) is 6.64. The molecule has 0 fully saturated rings. The Bertz CT molecular complexity index is 1620. The number of para-hydroxylation sites is 2. The van der Waals surface area contributed by atoms with Crippen LogP contribution in [-0.2, 0) is 32.7 Å². The van der Waals surface area contributed by atoms with Gasteiger partial charge in [-0.05, 0) is 47.5 Å². The van der Waals surface area contributed by atoms with Gasteiger partial charge in [-0.3, -0.25) is 9.59 Å². The van der Waals surface area contributed by atoms with E-state index in [0.29, 0.717) is 18.0 Å². The second-order valence-electron chi connectivity index (χ2n) is 9.49. The van der Waals surface area contributed by atoms with Gasteiger partial charge in [-0.1, -0.05) is 88.7 Å². The van der Waals surface area contributed by atoms with Gasteiger partial charge in [0.2, 0.25) is 15.9 Å². The Morgan fingerprint density at radius 2 is 1.46 bits per heavy atom. The number of halogens is 1. The average molecular weight is 635 g/mol. The molecule has 0 aromatic heterocycles. The number of fused-ring (bicyclic) bond motifs is 1. The first-order chi connectivity index (χ1) is 19.8. The number of rotatable bonds is 9. The second kappa shape index (κ2) is 12.7. The molecule has 0 aliphatic carbocycles. The maximum atomic E-state index is 13.9. The van der Waals surface area contributed by atoms with Crippen molar-refractivity contribution in [3.63, 3.8) is 0 Å². The number of hydrogen-bond donors (Lipinski definition) is 1. The summed E-state index contributed by atoms with van der Waals surface area (Å²) in [6, 6.07) is 31.8. The van der Waals surface area contributed by atoms with Gasteiger partial charge < -0.3 is 15.0 Å². The number of carbonyl (C=O) groups is 2. The van der Waals surface area contributed by atoms with Crippen LogP contribution in [0, 0.1) is 0 Å². The predicted octanol–water partition coefficient (Wildman–Crippen LogP) is 4.75. The van der Waals surface area contributed by atoms with Crippen LogP contribution in [0.4, 0.5) is 5.69 Å². The van der Waals surface area contributed by atoms with Crippen molar-refractivity contribution in [3.05, 3.63) is 125 Å². The van der Waals surface area contributed by atoms with Gasteiger partial charge in [0.05, 0.1) is 23.7 Å². The van der Waals surface area contributed by atoms with Crippen LogP contribution in [0.15, 0.2) is 119 Å². The lowest BCUT2D eigenvalue weighted by Crippen LogP contribution is -2.52. The lowest BCUT2D eigenvalue weighted by atomic mass is 10.1. The summed E-state index contributed by atoms with van der Waals surface area (Å²) >= 11 is 3.34. The highest BCUT2D eigenvalue weighted by molar-refractivity contribution is 9.10. The van der Waals surface area contributed by atoms with E-state index in [2.05, 4.69) is 21.2 Å². The molecule has 10 heteroatoms. The van der Waals surface area contributed by atoms with Crippen molar-refractivity contribution in [3.8, 4) is 5.75 Å². The normalized spacial score (nSPS) is 14.7. The molecule has 0 unspecified atom stereocenters. The predicted molar refractivity (Wildman–Crippen MR) is 160 cm³/mol. The van der Waals surface area contributed by atoms with E-state index in [4.69, 9.17) is 4.74 Å². The van der Waals surface area contributed by atoms with Crippen molar-refractivity contribution in [2.75, 3.05) is 18.0 Å². The van der Waals surface area contributed by atoms with E-state index in [1.807, 2.05) is 60.7 Å². The second-order valence-corrected chi connectivity index (χ2v) is 12.3. The van der Waals surface area contributed by atoms with E-state index in [1.54, 1.807) is 36.4 Å². The van der Waals surface area contributed by atoms with Crippen LogP contribution in [0.25, 0.3) is 0 Å². The van der Waals surface area contributed by atoms with Crippen LogP contribution in [0.2, 0.25) is 0 Å². The summed E-state index contributed by atoms with van der Waals surface area (Å²) in [5, 5.41) is 2.87. The molecule has 41 heavy (non-hydrogen) atoms. The highest BCUT2D eigenvalue weighted by Gasteiger charge is 2.36. The molecule has 0 bridgehead atoms. The fourth-order valence-electron chi connectivity index (χ4n) is 4.51. The van der Waals surface area contributed by atoms with Gasteiger partial charge in [0, 0.05) is 17.6 Å². The van der Waals surface area contributed by atoms with E-state index in [0.717, 1.165) is 19.9 Å². The van der Waals surface area contributed by atoms with E-state index < -0.39 is 28.6 Å². The zero-order chi connectivity index (χ0) is 28.8. The number of sulfonamides is 1. The fourth-order valence-corrected chi connectivity index (χ4v) is 6.15. The molecule has 0 saturated carbocycles. The van der Waals surface area contributed by atoms with E-state index in [-0.39, 0.29) is 23.9 Å². The molecule has 0 spiro atoms. The van der Waals surface area contributed by atoms with Gasteiger partial charge in [-0.25, -0.2) is 8.42 Å². The van der Waals surface area contributed by atoms with Crippen LogP contribution in [0.5, 0.6) is 5.75 Å². The summed E-state index contributed by atoms with van der Waals surface area (Å²) in [5.41, 5.74) is 2.14. The molecule has 1 aliphatic heterocycles. The van der Waals surface area contributed by atoms with Crippen molar-refractivity contribution >= 4 is 43.5 Å². The van der Waals surface area contributed by atoms with Crippen molar-refractivity contribution in [1.29, 1.82) is 0 Å². The van der Waals surface area contributed by atoms with Crippen molar-refractivity contribution in [2.24, 2.45) is 0 Å². The van der Waals surface area contributed by atoms with Crippen LogP contribution < -0.4 is 15.0 Å². The molecule has 4 aromatic rings. The third kappa shape index (κ3) is 6.84. The minimum absolute atomic E-state index is 0.00203. The van der Waals surface area contributed by atoms with Crippen molar-refractivity contribution < 1.29 is 22.7 Å². The Morgan fingerprint density at radius 1 is 0.854 bits per heavy atom. The molecule has 0 saturated heterocycles. The first kappa shape index (κ1) is 28.5. The maximum absolute atomic E-state index is 13.9. The molecule has 1 atom stereocenters. The molecule has 4 aromatic carbocycles. The zero-order valence-electron chi connectivity index (χ0n) is 22.0. The minimum Gasteiger partial charge on any atom is -0.477 e. The fraction of sp³-hybridized carbons (Fsp3) is 0.161. The standard InChI is InChI=1S/C31H28BrN3O5S/c32-25-15-17-26(18-16-25)41(38,39)34(20-24-11-5-2-6-12-24)22-30(36)35-21-29(40-28-14-8-7-13-27(28)35)31(37)33-19-23-9-3-1-4-10-23/h1-18,29H,19-22H2,(H,33,37)/t29-/m1/s1. The average Bonchev–Trinajstić information content (AvgIpc) is 3.00. The molecular formula is C31H28BrN3O5S. The number of ether oxygens (including phenoxy) is 1. The minimum atomic E-state index is -4.04. The monoisotopic (exact) mass is 633 g/mol. The maximum Gasteiger partial charge on any atom is 0.263 e. The van der Waals surface area contributed by atoms with Crippen LogP contribution in [0.3, 0.4) is 0 Å². The first-order valence-electron chi connectivity index (χ1n) is 13.0. The number of nitrogens with one attached hydrogen (secondary N) is 1. The number of benzene rings is 4. The van der Waals surface area contributed by atoms with Crippen molar-refractivity contribution in [1.82, 2.24) is 9.62 Å². The number of anilines is 1. The highest BCUT2D eigenvalue weighted by atomic mass is 79.9. The summed E-state index contributed by atoms with van der Waals surface area (Å²) < 4.78 is 35.4. The van der Waals surface area contributed by atoms with Crippen molar-refractivity contribution in [2.45, 2.75) is 24.1 Å². The number of carbonyl (C=O) groups excluding carboxylic acids is 2. The quantitative estimate of drug-likeness (QED) is 0.287. The van der Waals surface area contributed by atoms with E-state index in [1.165, 1.54) is 17.0 Å². The zero-order valence-corrected chi connectivity index (χ0v) is 24.4. The van der Waals surface area contributed by atoms with Gasteiger partial charge >= 0.3 is 0 Å². The first-order valence-corrected chi connectivity index (χ1v) is 15.2. The Labute approximate surface area is 247 Å². The lowest BCUT2D eigenvalue weighted by molar-refractivity contribution is -0.128. The topological polar surface area (TPSA) is 96.0 Å². The molecule has 0 radical (unpaired) electrons. The van der Waals surface area contributed by atoms with Gasteiger partial charge in [-0.2, -0.15) is 4.31 Å². The third-order valence-corrected chi connectivity index (χ3v) is 8.98. The lowest BCUT2D eigenvalue weighted by Gasteiger charge is -2.35. The van der Waals surface area contributed by atoms with Gasteiger partial charge in [0.1, 0.15) is 5.75 Å². The van der Waals surface area contributed by atoms with Crippen LogP contribution >= 0.6 is 15.9 Å². The highest BCUT2D eigenvalue weighted by Crippen LogP contribution is 2.34. The Morgan fingerprint density at radius 3 is 2.15 bits per heavy atom. The van der Waals surface area contributed by atoms with Gasteiger partial charge in [0.25, 0.3) is 5.91 Å². The van der Waals surface area contributed by atoms with Gasteiger partial charge in [-0.15, -0.1) is 0 Å². The molecule has 210 valence electrons. The molecular weight excluding hydrogens is 606 g/mol. The summed E-state index contributed by atoms with van der Waals surface area (Å²) in [6.45, 7) is -0.183. The van der Waals surface area contributed by atoms with Crippen LogP contribution in [0.1, 0.15) is 11.1 Å². The number of hydrogen-bond acceptors (Lipinski definition) is 5. The number of amides is 2. The Kier molecular flexibility index (Phi) is 8.82. The molecule has 5 rings (SSSR count). The molecule has 1 heterocycles. The number of nitrogens with zero attached hydrogens (tertiary/aromatic N) is 2. The molecule has 1 N–H and O–H groups in total. The Balaban J connectivity index is 1.40. The molecule has 2 amide bonds. The summed E-state index contributed by atoms with van der Waals surface area (Å²) in [6.07, 6.45) is -0.969. The van der Waals surface area contributed by atoms with Gasteiger partial charge in [0.15, 0.2) is 6.10 Å². The summed E-state index contributed by atoms with van der Waals surface area (Å²) in [5.74, 6) is -0.472. The van der Waals surface area contributed by atoms with E-state index in [9.17, 15) is 18.0 Å². The Hall–Kier alpha value is -3.99. The smallest absolute Gasteiger partial charge is 0.263 e. The largest absolute Gasteiger partial charge is 0.477 e. The SMILES string of the molecule is O=C(NCc1ccccc1)[C@H]1CN(C(=O)CN(Cc2ccccc2)S(=O)(=O)c2ccc(Br)cc2)c2ccccc2O1. The summed E-state index contributed by atoms with van der Waals surface area (Å²) in [7, 11) is -4.04. The molecule has 1 aliphatic rings. The van der Waals surface area contributed by atoms with Crippen LogP contribution in [-0.4, -0.2) is 43.7 Å². The molecule has 8 nitrogen and oxygen atoms in total. The van der Waals surface area contributed by atoms with E-state index >= 15 is 0 Å². The summed E-state index contributed by atoms with van der Waals surface area (Å²) in [4.78, 5) is 28.5.